The van der Waals surface area contributed by atoms with Crippen LogP contribution in [0.5, 0.6) is 0 Å². The second kappa shape index (κ2) is 6.96. The number of anilines is 1. The summed E-state index contributed by atoms with van der Waals surface area (Å²) in [6.07, 6.45) is 3.82. The molecule has 146 valence electrons. The Hall–Kier alpha value is -1.71. The molecular weight excluding hydrogens is 393 g/mol. The molecule has 2 fully saturated rings. The first-order valence-corrected chi connectivity index (χ1v) is 10.8. The van der Waals surface area contributed by atoms with Crippen molar-refractivity contribution in [2.24, 2.45) is 17.8 Å². The fourth-order valence-corrected chi connectivity index (χ4v) is 6.42. The van der Waals surface area contributed by atoms with Gasteiger partial charge in [0.15, 0.2) is 0 Å². The van der Waals surface area contributed by atoms with Crippen LogP contribution in [-0.2, 0) is 4.74 Å². The molecule has 1 aliphatic heterocycles. The molecule has 0 aromatic heterocycles. The number of esters is 1. The molecule has 2 aromatic carbocycles. The summed E-state index contributed by atoms with van der Waals surface area (Å²) in [6, 6.07) is 11.9. The van der Waals surface area contributed by atoms with Crippen LogP contribution >= 0.6 is 23.2 Å². The van der Waals surface area contributed by atoms with Gasteiger partial charge in [-0.05, 0) is 91.3 Å². The molecule has 1 heterocycles. The van der Waals surface area contributed by atoms with Crippen molar-refractivity contribution in [3.8, 4) is 0 Å². The van der Waals surface area contributed by atoms with Crippen LogP contribution in [0.4, 0.5) is 5.69 Å². The van der Waals surface area contributed by atoms with Gasteiger partial charge in [0.25, 0.3) is 0 Å². The van der Waals surface area contributed by atoms with Crippen molar-refractivity contribution in [1.29, 1.82) is 0 Å². The van der Waals surface area contributed by atoms with Crippen LogP contribution in [0.3, 0.4) is 0 Å². The first kappa shape index (κ1) is 18.3. The number of fused-ring (bicyclic) bond motifs is 7. The van der Waals surface area contributed by atoms with Gasteiger partial charge < -0.3 is 10.1 Å². The monoisotopic (exact) mass is 415 g/mol. The summed E-state index contributed by atoms with van der Waals surface area (Å²) in [5, 5.41) is 5.13. The fraction of sp³-hybridized carbons (Fsp3) is 0.435. The molecule has 0 saturated heterocycles. The maximum atomic E-state index is 12.3. The number of nitrogens with one attached hydrogen (secondary N) is 1. The number of carbonyl (C=O) groups is 1. The molecular formula is C23H23Cl2NO2. The van der Waals surface area contributed by atoms with Gasteiger partial charge in [-0.2, -0.15) is 0 Å². The highest BCUT2D eigenvalue weighted by molar-refractivity contribution is 6.35. The molecule has 0 amide bonds. The van der Waals surface area contributed by atoms with Gasteiger partial charge in [0.05, 0.1) is 18.2 Å². The molecule has 2 saturated carbocycles. The standard InChI is InChI=1S/C23H23Cl2NO2/c1-2-28-23(27)14-5-8-19-17(10-14)20-12-3-4-13(9-12)21(20)22(26-19)16-7-6-15(24)11-18(16)25/h5-8,10-13,20-22,26H,2-4,9H2,1H3/t12-,13-,20-,21-,22-/m0/s1. The minimum atomic E-state index is -0.243. The van der Waals surface area contributed by atoms with Gasteiger partial charge in [0.2, 0.25) is 0 Å². The Kier molecular flexibility index (Phi) is 4.56. The van der Waals surface area contributed by atoms with Crippen molar-refractivity contribution in [3.63, 3.8) is 0 Å². The Balaban J connectivity index is 1.59. The zero-order valence-corrected chi connectivity index (χ0v) is 17.3. The largest absolute Gasteiger partial charge is 0.462 e. The molecule has 28 heavy (non-hydrogen) atoms. The lowest BCUT2D eigenvalue weighted by atomic mass is 9.68. The molecule has 0 radical (unpaired) electrons. The minimum absolute atomic E-state index is 0.172. The highest BCUT2D eigenvalue weighted by Crippen LogP contribution is 2.64. The minimum Gasteiger partial charge on any atom is -0.462 e. The van der Waals surface area contributed by atoms with Gasteiger partial charge in [0.1, 0.15) is 0 Å². The Morgan fingerprint density at radius 3 is 2.71 bits per heavy atom. The summed E-state index contributed by atoms with van der Waals surface area (Å²) in [4.78, 5) is 12.3. The zero-order valence-electron chi connectivity index (χ0n) is 15.8. The van der Waals surface area contributed by atoms with Crippen molar-refractivity contribution in [3.05, 3.63) is 63.1 Å². The Morgan fingerprint density at radius 1 is 1.11 bits per heavy atom. The van der Waals surface area contributed by atoms with Crippen LogP contribution in [0.25, 0.3) is 0 Å². The van der Waals surface area contributed by atoms with E-state index in [1.807, 2.05) is 31.2 Å². The van der Waals surface area contributed by atoms with Crippen LogP contribution in [0, 0.1) is 17.8 Å². The Labute approximate surface area is 175 Å². The lowest BCUT2D eigenvalue weighted by Gasteiger charge is -2.44. The van der Waals surface area contributed by atoms with Crippen LogP contribution in [0.2, 0.25) is 10.0 Å². The maximum absolute atomic E-state index is 12.3. The summed E-state index contributed by atoms with van der Waals surface area (Å²) in [5.74, 6) is 2.08. The second-order valence-electron chi connectivity index (χ2n) is 8.25. The van der Waals surface area contributed by atoms with Crippen LogP contribution in [0.1, 0.15) is 59.6 Å². The van der Waals surface area contributed by atoms with E-state index >= 15 is 0 Å². The van der Waals surface area contributed by atoms with Crippen molar-refractivity contribution >= 4 is 34.9 Å². The second-order valence-corrected chi connectivity index (χ2v) is 9.09. The number of halogens is 2. The fourth-order valence-electron chi connectivity index (χ4n) is 5.89. The van der Waals surface area contributed by atoms with Gasteiger partial charge in [-0.3, -0.25) is 0 Å². The average molecular weight is 416 g/mol. The predicted octanol–water partition coefficient (Wildman–Crippen LogP) is 6.47. The van der Waals surface area contributed by atoms with E-state index in [9.17, 15) is 4.79 Å². The Bertz CT molecular complexity index is 944. The molecule has 1 N–H and O–H groups in total. The predicted molar refractivity (Wildman–Crippen MR) is 112 cm³/mol. The summed E-state index contributed by atoms with van der Waals surface area (Å²) in [5.41, 5.74) is 4.14. The molecule has 2 aliphatic carbocycles. The number of rotatable bonds is 3. The van der Waals surface area contributed by atoms with E-state index in [1.54, 1.807) is 0 Å². The summed E-state index contributed by atoms with van der Waals surface area (Å²) in [7, 11) is 0. The normalized spacial score (nSPS) is 29.8. The molecule has 5 rings (SSSR count). The van der Waals surface area contributed by atoms with E-state index in [2.05, 4.69) is 17.4 Å². The van der Waals surface area contributed by atoms with E-state index in [0.717, 1.165) is 16.3 Å². The zero-order chi connectivity index (χ0) is 19.4. The molecule has 3 aliphatic rings. The quantitative estimate of drug-likeness (QED) is 0.583. The van der Waals surface area contributed by atoms with E-state index in [-0.39, 0.29) is 12.0 Å². The van der Waals surface area contributed by atoms with Gasteiger partial charge in [-0.1, -0.05) is 29.3 Å². The van der Waals surface area contributed by atoms with Crippen molar-refractivity contribution in [1.82, 2.24) is 0 Å². The van der Waals surface area contributed by atoms with Crippen molar-refractivity contribution in [2.75, 3.05) is 11.9 Å². The van der Waals surface area contributed by atoms with E-state index < -0.39 is 0 Å². The summed E-state index contributed by atoms with van der Waals surface area (Å²) >= 11 is 12.7. The third-order valence-electron chi connectivity index (χ3n) is 6.90. The lowest BCUT2D eigenvalue weighted by molar-refractivity contribution is 0.0526. The van der Waals surface area contributed by atoms with Crippen molar-refractivity contribution < 1.29 is 9.53 Å². The smallest absolute Gasteiger partial charge is 0.338 e. The van der Waals surface area contributed by atoms with Crippen LogP contribution < -0.4 is 5.32 Å². The van der Waals surface area contributed by atoms with Crippen LogP contribution in [0.15, 0.2) is 36.4 Å². The third-order valence-corrected chi connectivity index (χ3v) is 7.46. The molecule has 0 unspecified atom stereocenters. The summed E-state index contributed by atoms with van der Waals surface area (Å²) < 4.78 is 5.22. The number of ether oxygens (including phenoxy) is 1. The first-order valence-electron chi connectivity index (χ1n) is 10.1. The molecule has 2 aromatic rings. The number of hydrogen-bond acceptors (Lipinski definition) is 3. The van der Waals surface area contributed by atoms with E-state index in [0.29, 0.717) is 40.9 Å². The number of carbonyl (C=O) groups excluding carboxylic acids is 1. The number of hydrogen-bond donors (Lipinski definition) is 1. The SMILES string of the molecule is CCOC(=O)c1ccc2c(c1)[C@@H]1[C@H]3CC[C@@H](C3)[C@@H]1[C@H](c1ccc(Cl)cc1Cl)N2. The number of benzene rings is 2. The molecule has 5 atom stereocenters. The summed E-state index contributed by atoms with van der Waals surface area (Å²) in [6.45, 7) is 2.23. The highest BCUT2D eigenvalue weighted by atomic mass is 35.5. The average Bonchev–Trinajstić information content (AvgIpc) is 3.30. The molecule has 5 heteroatoms. The van der Waals surface area contributed by atoms with E-state index in [1.165, 1.54) is 24.8 Å². The molecule has 2 bridgehead atoms. The van der Waals surface area contributed by atoms with Gasteiger partial charge in [0, 0.05) is 15.7 Å². The Morgan fingerprint density at radius 2 is 1.93 bits per heavy atom. The topological polar surface area (TPSA) is 38.3 Å². The lowest BCUT2D eigenvalue weighted by Crippen LogP contribution is -2.35. The maximum Gasteiger partial charge on any atom is 0.338 e. The van der Waals surface area contributed by atoms with Gasteiger partial charge in [-0.25, -0.2) is 4.79 Å². The van der Waals surface area contributed by atoms with Crippen molar-refractivity contribution in [2.45, 2.75) is 38.1 Å². The molecule has 3 nitrogen and oxygen atoms in total. The van der Waals surface area contributed by atoms with Gasteiger partial charge in [-0.15, -0.1) is 0 Å². The van der Waals surface area contributed by atoms with Crippen LogP contribution in [-0.4, -0.2) is 12.6 Å². The van der Waals surface area contributed by atoms with Gasteiger partial charge >= 0.3 is 5.97 Å². The van der Waals surface area contributed by atoms with E-state index in [4.69, 9.17) is 27.9 Å². The third kappa shape index (κ3) is 2.83. The first-order chi connectivity index (χ1) is 13.6. The molecule has 0 spiro atoms. The highest BCUT2D eigenvalue weighted by Gasteiger charge is 2.54.